The predicted molar refractivity (Wildman–Crippen MR) is 80.2 cm³/mol. The fourth-order valence-electron chi connectivity index (χ4n) is 2.31. The van der Waals surface area contributed by atoms with E-state index in [0.29, 0.717) is 12.5 Å². The maximum absolute atomic E-state index is 5.82. The van der Waals surface area contributed by atoms with E-state index in [2.05, 4.69) is 48.9 Å². The quantitative estimate of drug-likeness (QED) is 0.860. The molecule has 1 unspecified atom stereocenters. The van der Waals surface area contributed by atoms with Gasteiger partial charge in [0.05, 0.1) is 11.9 Å². The Balaban J connectivity index is 2.27. The molecular formula is C16H23N3. The number of imidazole rings is 1. The zero-order valence-corrected chi connectivity index (χ0v) is 12.0. The van der Waals surface area contributed by atoms with Crippen molar-refractivity contribution in [3.63, 3.8) is 0 Å². The average Bonchev–Trinajstić information content (AvgIpc) is 2.88. The number of rotatable bonds is 5. The molecule has 1 atom stereocenters. The molecular weight excluding hydrogens is 234 g/mol. The van der Waals surface area contributed by atoms with Crippen molar-refractivity contribution in [1.82, 2.24) is 9.97 Å². The van der Waals surface area contributed by atoms with Crippen LogP contribution in [0.25, 0.3) is 11.3 Å². The van der Waals surface area contributed by atoms with Crippen molar-refractivity contribution in [3.8, 4) is 11.3 Å². The molecule has 3 heteroatoms. The maximum Gasteiger partial charge on any atom is 0.110 e. The van der Waals surface area contributed by atoms with Crippen LogP contribution in [0.15, 0.2) is 24.4 Å². The summed E-state index contributed by atoms with van der Waals surface area (Å²) in [5.41, 5.74) is 10.7. The van der Waals surface area contributed by atoms with E-state index in [1.165, 1.54) is 16.7 Å². The molecule has 2 rings (SSSR count). The first-order valence-electron chi connectivity index (χ1n) is 6.98. The summed E-state index contributed by atoms with van der Waals surface area (Å²) in [5, 5.41) is 0. The summed E-state index contributed by atoms with van der Waals surface area (Å²) in [6, 6.07) is 6.48. The summed E-state index contributed by atoms with van der Waals surface area (Å²) in [7, 11) is 0. The average molecular weight is 257 g/mol. The van der Waals surface area contributed by atoms with Gasteiger partial charge in [-0.15, -0.1) is 0 Å². The van der Waals surface area contributed by atoms with Crippen molar-refractivity contribution < 1.29 is 0 Å². The van der Waals surface area contributed by atoms with Crippen LogP contribution in [0.1, 0.15) is 42.6 Å². The van der Waals surface area contributed by atoms with Gasteiger partial charge in [0.25, 0.3) is 0 Å². The predicted octanol–water partition coefficient (Wildman–Crippen LogP) is 3.54. The number of aryl methyl sites for hydroxylation is 2. The highest BCUT2D eigenvalue weighted by molar-refractivity contribution is 5.60. The lowest BCUT2D eigenvalue weighted by molar-refractivity contribution is 0.595. The molecule has 1 aromatic carbocycles. The molecule has 102 valence electrons. The van der Waals surface area contributed by atoms with Gasteiger partial charge in [-0.2, -0.15) is 0 Å². The summed E-state index contributed by atoms with van der Waals surface area (Å²) >= 11 is 0. The summed E-state index contributed by atoms with van der Waals surface area (Å²) in [4.78, 5) is 7.92. The van der Waals surface area contributed by atoms with E-state index in [9.17, 15) is 0 Å². The highest BCUT2D eigenvalue weighted by atomic mass is 14.9. The van der Waals surface area contributed by atoms with E-state index >= 15 is 0 Å². The van der Waals surface area contributed by atoms with Gasteiger partial charge in [0.2, 0.25) is 0 Å². The fourth-order valence-corrected chi connectivity index (χ4v) is 2.31. The Morgan fingerprint density at radius 1 is 1.26 bits per heavy atom. The molecule has 1 heterocycles. The van der Waals surface area contributed by atoms with Gasteiger partial charge in [0.15, 0.2) is 0 Å². The number of H-pyrrole nitrogens is 1. The lowest BCUT2D eigenvalue weighted by atomic mass is 10.0. The fraction of sp³-hybridized carbons (Fsp3) is 0.438. The minimum atomic E-state index is 0.338. The molecule has 0 aliphatic rings. The highest BCUT2D eigenvalue weighted by Gasteiger charge is 2.13. The van der Waals surface area contributed by atoms with Crippen LogP contribution in [0.2, 0.25) is 0 Å². The van der Waals surface area contributed by atoms with Crippen LogP contribution >= 0.6 is 0 Å². The van der Waals surface area contributed by atoms with Gasteiger partial charge < -0.3 is 10.7 Å². The van der Waals surface area contributed by atoms with Crippen LogP contribution in [0.3, 0.4) is 0 Å². The van der Waals surface area contributed by atoms with E-state index < -0.39 is 0 Å². The van der Waals surface area contributed by atoms with E-state index in [1.807, 2.05) is 6.20 Å². The summed E-state index contributed by atoms with van der Waals surface area (Å²) < 4.78 is 0. The molecule has 0 radical (unpaired) electrons. The molecule has 0 amide bonds. The number of nitrogens with zero attached hydrogens (tertiary/aromatic N) is 1. The lowest BCUT2D eigenvalue weighted by Crippen LogP contribution is -2.13. The third-order valence-corrected chi connectivity index (χ3v) is 3.72. The molecule has 3 nitrogen and oxygen atoms in total. The third-order valence-electron chi connectivity index (χ3n) is 3.72. The highest BCUT2D eigenvalue weighted by Crippen LogP contribution is 2.24. The molecule has 0 saturated heterocycles. The second-order valence-electron chi connectivity index (χ2n) is 5.20. The monoisotopic (exact) mass is 257 g/mol. The summed E-state index contributed by atoms with van der Waals surface area (Å²) in [5.74, 6) is 1.35. The molecule has 0 aliphatic heterocycles. The molecule has 0 spiro atoms. The van der Waals surface area contributed by atoms with Crippen molar-refractivity contribution >= 4 is 0 Å². The first kappa shape index (κ1) is 13.8. The molecule has 2 aromatic rings. The summed E-state index contributed by atoms with van der Waals surface area (Å²) in [6.07, 6.45) is 4.12. The topological polar surface area (TPSA) is 54.7 Å². The first-order chi connectivity index (χ1) is 9.15. The third kappa shape index (κ3) is 3.04. The van der Waals surface area contributed by atoms with Crippen molar-refractivity contribution in [1.29, 1.82) is 0 Å². The van der Waals surface area contributed by atoms with E-state index in [1.54, 1.807) is 0 Å². The number of nitrogens with two attached hydrogens (primary N) is 1. The Hall–Kier alpha value is -1.61. The van der Waals surface area contributed by atoms with Crippen molar-refractivity contribution in [3.05, 3.63) is 41.3 Å². The molecule has 0 bridgehead atoms. The van der Waals surface area contributed by atoms with Gasteiger partial charge in [0.1, 0.15) is 5.82 Å². The van der Waals surface area contributed by atoms with Crippen molar-refractivity contribution in [2.75, 3.05) is 6.54 Å². The Labute approximate surface area is 115 Å². The van der Waals surface area contributed by atoms with Gasteiger partial charge in [-0.25, -0.2) is 4.98 Å². The zero-order chi connectivity index (χ0) is 13.8. The van der Waals surface area contributed by atoms with E-state index in [4.69, 9.17) is 5.73 Å². The molecule has 0 saturated carbocycles. The van der Waals surface area contributed by atoms with Gasteiger partial charge in [-0.3, -0.25) is 0 Å². The van der Waals surface area contributed by atoms with Crippen LogP contribution in [-0.4, -0.2) is 16.5 Å². The van der Waals surface area contributed by atoms with Gasteiger partial charge in [0, 0.05) is 12.5 Å². The second kappa shape index (κ2) is 6.02. The number of aromatic amines is 1. The molecule has 1 aromatic heterocycles. The van der Waals surface area contributed by atoms with Crippen molar-refractivity contribution in [2.45, 2.75) is 39.5 Å². The number of hydrogen-bond acceptors (Lipinski definition) is 2. The minimum Gasteiger partial charge on any atom is -0.342 e. The van der Waals surface area contributed by atoms with Gasteiger partial charge in [-0.1, -0.05) is 25.5 Å². The normalized spacial score (nSPS) is 12.6. The molecule has 0 aliphatic carbocycles. The van der Waals surface area contributed by atoms with Crippen LogP contribution in [0, 0.1) is 13.8 Å². The smallest absolute Gasteiger partial charge is 0.110 e. The van der Waals surface area contributed by atoms with E-state index in [0.717, 1.165) is 24.4 Å². The molecule has 3 N–H and O–H groups in total. The SMILES string of the molecule is CCCC(CN)c1ncc(-c2ccc(C)c(C)c2)[nH]1. The number of nitrogens with one attached hydrogen (secondary N) is 1. The zero-order valence-electron chi connectivity index (χ0n) is 12.0. The number of hydrogen-bond donors (Lipinski definition) is 2. The van der Waals surface area contributed by atoms with Crippen LogP contribution in [-0.2, 0) is 0 Å². The van der Waals surface area contributed by atoms with E-state index in [-0.39, 0.29) is 0 Å². The van der Waals surface area contributed by atoms with Crippen LogP contribution in [0.4, 0.5) is 0 Å². The Morgan fingerprint density at radius 2 is 2.05 bits per heavy atom. The van der Waals surface area contributed by atoms with Crippen LogP contribution < -0.4 is 5.73 Å². The lowest BCUT2D eigenvalue weighted by Gasteiger charge is -2.10. The largest absolute Gasteiger partial charge is 0.342 e. The number of aromatic nitrogens is 2. The Morgan fingerprint density at radius 3 is 2.68 bits per heavy atom. The number of benzene rings is 1. The Bertz CT molecular complexity index is 543. The minimum absolute atomic E-state index is 0.338. The van der Waals surface area contributed by atoms with Crippen LogP contribution in [0.5, 0.6) is 0 Å². The second-order valence-corrected chi connectivity index (χ2v) is 5.20. The van der Waals surface area contributed by atoms with Crippen molar-refractivity contribution in [2.24, 2.45) is 5.73 Å². The van der Waals surface area contributed by atoms with Gasteiger partial charge >= 0.3 is 0 Å². The molecule has 0 fully saturated rings. The maximum atomic E-state index is 5.82. The summed E-state index contributed by atoms with van der Waals surface area (Å²) in [6.45, 7) is 7.09. The van der Waals surface area contributed by atoms with Gasteiger partial charge in [-0.05, 0) is 43.0 Å². The Kier molecular flexibility index (Phi) is 4.38. The molecule has 19 heavy (non-hydrogen) atoms. The first-order valence-corrected chi connectivity index (χ1v) is 6.98. The standard InChI is InChI=1S/C16H23N3/c1-4-5-14(9-17)16-18-10-15(19-16)13-7-6-11(2)12(3)8-13/h6-8,10,14H,4-5,9,17H2,1-3H3,(H,18,19).